The molecule has 2 atom stereocenters. The molecular weight excluding hydrogens is 582 g/mol. The second-order valence-electron chi connectivity index (χ2n) is 13.8. The Bertz CT molecular complexity index is 778. The average Bonchev–Trinajstić information content (AvgIpc) is 3.00. The number of allylic oxidation sites excluding steroid dienone is 2. The van der Waals surface area contributed by atoms with Crippen molar-refractivity contribution in [3.63, 3.8) is 0 Å². The molecule has 0 saturated carbocycles. The maximum atomic E-state index is 12.5. The van der Waals surface area contributed by atoms with Crippen LogP contribution >= 0.6 is 0 Å². The zero-order valence-electron chi connectivity index (χ0n) is 30.5. The molecule has 0 rings (SSSR count). The highest BCUT2D eigenvalue weighted by Crippen LogP contribution is 2.13. The molecule has 0 fully saturated rings. The van der Waals surface area contributed by atoms with Crippen molar-refractivity contribution < 1.29 is 38.2 Å². The summed E-state index contributed by atoms with van der Waals surface area (Å²) >= 11 is 0. The fourth-order valence-corrected chi connectivity index (χ4v) is 5.44. The Hall–Kier alpha value is -1.93. The molecule has 0 aromatic carbocycles. The summed E-state index contributed by atoms with van der Waals surface area (Å²) in [6.07, 6.45) is 28.3. The Morgan fingerprint density at radius 2 is 1.09 bits per heavy atom. The summed E-state index contributed by atoms with van der Waals surface area (Å²) in [5.74, 6) is -1.49. The summed E-state index contributed by atoms with van der Waals surface area (Å²) in [5.41, 5.74) is 0. The van der Waals surface area contributed by atoms with Gasteiger partial charge in [-0.1, -0.05) is 116 Å². The molecule has 0 spiro atoms. The standard InChI is InChI=1S/C38H71NO7/c1-6-8-10-12-14-16-17-18-19-20-21-23-24-26-28-36(40)45-33-34(32-44-31-30-35(38(42)43)39(3,4)5)46-37(41)29-27-25-22-15-13-11-9-7-2/h19-20,34-35H,6-18,21-33H2,1-5H3/p+1/b20-19+. The number of carbonyl (C=O) groups excluding carboxylic acids is 2. The lowest BCUT2D eigenvalue weighted by molar-refractivity contribution is -0.887. The van der Waals surface area contributed by atoms with Crippen LogP contribution in [0.5, 0.6) is 0 Å². The van der Waals surface area contributed by atoms with Gasteiger partial charge in [0.15, 0.2) is 12.1 Å². The Balaban J connectivity index is 4.40. The van der Waals surface area contributed by atoms with Gasteiger partial charge in [0.05, 0.1) is 34.4 Å². The summed E-state index contributed by atoms with van der Waals surface area (Å²) in [6.45, 7) is 4.68. The van der Waals surface area contributed by atoms with Gasteiger partial charge in [0.1, 0.15) is 6.61 Å². The molecule has 0 amide bonds. The van der Waals surface area contributed by atoms with E-state index in [0.29, 0.717) is 19.3 Å². The highest BCUT2D eigenvalue weighted by Gasteiger charge is 2.31. The first-order valence-electron chi connectivity index (χ1n) is 18.7. The maximum Gasteiger partial charge on any atom is 0.362 e. The molecule has 46 heavy (non-hydrogen) atoms. The van der Waals surface area contributed by atoms with Crippen LogP contribution in [0, 0.1) is 0 Å². The Morgan fingerprint density at radius 1 is 0.630 bits per heavy atom. The van der Waals surface area contributed by atoms with E-state index in [0.717, 1.165) is 51.4 Å². The monoisotopic (exact) mass is 655 g/mol. The Kier molecular flexibility index (Phi) is 29.1. The minimum absolute atomic E-state index is 0.0545. The number of aliphatic carboxylic acids is 1. The van der Waals surface area contributed by atoms with Crippen LogP contribution in [0.2, 0.25) is 0 Å². The Labute approximate surface area is 282 Å². The lowest BCUT2D eigenvalue weighted by Gasteiger charge is -2.31. The topological polar surface area (TPSA) is 99.1 Å². The van der Waals surface area contributed by atoms with Crippen molar-refractivity contribution in [2.75, 3.05) is 41.0 Å². The average molecular weight is 655 g/mol. The number of carboxylic acids is 1. The minimum Gasteiger partial charge on any atom is -0.477 e. The van der Waals surface area contributed by atoms with Crippen molar-refractivity contribution in [2.45, 2.75) is 174 Å². The molecule has 8 nitrogen and oxygen atoms in total. The minimum atomic E-state index is -0.877. The van der Waals surface area contributed by atoms with Crippen molar-refractivity contribution in [3.8, 4) is 0 Å². The van der Waals surface area contributed by atoms with Gasteiger partial charge in [-0.25, -0.2) is 4.79 Å². The lowest BCUT2D eigenvalue weighted by atomic mass is 10.1. The third-order valence-corrected chi connectivity index (χ3v) is 8.41. The molecule has 0 aliphatic carbocycles. The molecule has 0 aromatic heterocycles. The van der Waals surface area contributed by atoms with Crippen LogP contribution in [0.25, 0.3) is 0 Å². The van der Waals surface area contributed by atoms with Crippen molar-refractivity contribution in [3.05, 3.63) is 12.2 Å². The smallest absolute Gasteiger partial charge is 0.362 e. The van der Waals surface area contributed by atoms with E-state index in [9.17, 15) is 19.5 Å². The SMILES string of the molecule is CCCCCCCCC/C=C/CCCCCC(=O)OCC(COCCC(C(=O)O)[N+](C)(C)C)OC(=O)CCCCCCCCCC. The number of likely N-dealkylation sites (N-methyl/N-ethyl adjacent to an activating group) is 1. The summed E-state index contributed by atoms with van der Waals surface area (Å²) in [5, 5.41) is 9.55. The number of nitrogens with zero attached hydrogens (tertiary/aromatic N) is 1. The number of unbranched alkanes of at least 4 members (excludes halogenated alkanes) is 17. The first-order valence-corrected chi connectivity index (χ1v) is 18.7. The van der Waals surface area contributed by atoms with E-state index in [2.05, 4.69) is 26.0 Å². The van der Waals surface area contributed by atoms with Crippen LogP contribution in [0.3, 0.4) is 0 Å². The van der Waals surface area contributed by atoms with E-state index >= 15 is 0 Å². The van der Waals surface area contributed by atoms with Crippen molar-refractivity contribution in [1.82, 2.24) is 0 Å². The third kappa shape index (κ3) is 28.3. The van der Waals surface area contributed by atoms with Gasteiger partial charge in [0, 0.05) is 19.3 Å². The molecule has 0 saturated heterocycles. The van der Waals surface area contributed by atoms with Crippen molar-refractivity contribution in [2.24, 2.45) is 0 Å². The van der Waals surface area contributed by atoms with E-state index in [1.165, 1.54) is 77.0 Å². The third-order valence-electron chi connectivity index (χ3n) is 8.41. The second-order valence-corrected chi connectivity index (χ2v) is 13.8. The van der Waals surface area contributed by atoms with E-state index < -0.39 is 18.1 Å². The van der Waals surface area contributed by atoms with Crippen molar-refractivity contribution in [1.29, 1.82) is 0 Å². The second kappa shape index (κ2) is 30.4. The van der Waals surface area contributed by atoms with Gasteiger partial charge in [-0.05, 0) is 38.5 Å². The van der Waals surface area contributed by atoms with Gasteiger partial charge in [0.25, 0.3) is 0 Å². The molecule has 0 aliphatic heterocycles. The molecule has 8 heteroatoms. The summed E-state index contributed by atoms with van der Waals surface area (Å²) < 4.78 is 17.1. The van der Waals surface area contributed by atoms with E-state index in [1.54, 1.807) is 0 Å². The van der Waals surface area contributed by atoms with Crippen LogP contribution in [0.4, 0.5) is 0 Å². The number of ether oxygens (including phenoxy) is 3. The van der Waals surface area contributed by atoms with Gasteiger partial charge in [0.2, 0.25) is 0 Å². The number of quaternary nitrogens is 1. The number of rotatable bonds is 33. The van der Waals surface area contributed by atoms with Crippen LogP contribution < -0.4 is 0 Å². The van der Waals surface area contributed by atoms with Crippen LogP contribution in [0.1, 0.15) is 162 Å². The zero-order chi connectivity index (χ0) is 34.3. The predicted molar refractivity (Wildman–Crippen MR) is 188 cm³/mol. The van der Waals surface area contributed by atoms with Crippen LogP contribution in [0.15, 0.2) is 12.2 Å². The van der Waals surface area contributed by atoms with Gasteiger partial charge in [-0.2, -0.15) is 0 Å². The summed E-state index contributed by atoms with van der Waals surface area (Å²) in [6, 6.07) is -0.610. The van der Waals surface area contributed by atoms with Crippen molar-refractivity contribution >= 4 is 17.9 Å². The summed E-state index contributed by atoms with van der Waals surface area (Å²) in [7, 11) is 5.51. The zero-order valence-corrected chi connectivity index (χ0v) is 30.5. The molecule has 0 aromatic rings. The van der Waals surface area contributed by atoms with Gasteiger partial charge >= 0.3 is 17.9 Å². The molecular formula is C38H72NO7+. The number of hydrogen-bond acceptors (Lipinski definition) is 6. The first-order chi connectivity index (χ1) is 22.1. The van der Waals surface area contributed by atoms with E-state index in [1.807, 2.05) is 21.1 Å². The molecule has 0 aliphatic rings. The highest BCUT2D eigenvalue weighted by molar-refractivity contribution is 5.72. The van der Waals surface area contributed by atoms with Crippen LogP contribution in [-0.2, 0) is 28.6 Å². The normalized spacial score (nSPS) is 13.2. The summed E-state index contributed by atoms with van der Waals surface area (Å²) in [4.78, 5) is 36.6. The number of esters is 2. The fraction of sp³-hybridized carbons (Fsp3) is 0.868. The van der Waals surface area contributed by atoms with Gasteiger partial charge in [-0.3, -0.25) is 9.59 Å². The largest absolute Gasteiger partial charge is 0.477 e. The van der Waals surface area contributed by atoms with Crippen LogP contribution in [-0.4, -0.2) is 80.6 Å². The highest BCUT2D eigenvalue weighted by atomic mass is 16.6. The van der Waals surface area contributed by atoms with E-state index in [4.69, 9.17) is 14.2 Å². The maximum absolute atomic E-state index is 12.5. The van der Waals surface area contributed by atoms with Gasteiger partial charge < -0.3 is 23.8 Å². The quantitative estimate of drug-likeness (QED) is 0.0326. The lowest BCUT2D eigenvalue weighted by Crippen LogP contribution is -2.50. The molecule has 1 N–H and O–H groups in total. The molecule has 0 bridgehead atoms. The predicted octanol–water partition coefficient (Wildman–Crippen LogP) is 9.19. The number of carboxylic acid groups (broad SMARTS) is 1. The molecule has 0 heterocycles. The number of carbonyl (C=O) groups is 3. The molecule has 270 valence electrons. The molecule has 0 radical (unpaired) electrons. The molecule has 2 unspecified atom stereocenters. The first kappa shape index (κ1) is 44.1. The number of hydrogen-bond donors (Lipinski definition) is 1. The fourth-order valence-electron chi connectivity index (χ4n) is 5.44. The Morgan fingerprint density at radius 3 is 1.59 bits per heavy atom. The van der Waals surface area contributed by atoms with E-state index in [-0.39, 0.29) is 36.2 Å². The van der Waals surface area contributed by atoms with Gasteiger partial charge in [-0.15, -0.1) is 0 Å².